The zero-order chi connectivity index (χ0) is 21.6. The zero-order valence-electron chi connectivity index (χ0n) is 19.8. The van der Waals surface area contributed by atoms with Crippen molar-refractivity contribution in [3.63, 3.8) is 0 Å². The molecule has 0 aromatic heterocycles. The number of allylic oxidation sites excluding steroid dienone is 6. The van der Waals surface area contributed by atoms with Gasteiger partial charge in [-0.15, -0.1) is 0 Å². The molecule has 0 heterocycles. The molecular weight excluding hydrogens is 916 g/mol. The average Bonchev–Trinajstić information content (AvgIpc) is 2.65. The van der Waals surface area contributed by atoms with Gasteiger partial charge in [0, 0.05) is 75.0 Å². The van der Waals surface area contributed by atoms with E-state index in [4.69, 9.17) is 0 Å². The number of carbonyl (C=O) groups is 1. The summed E-state index contributed by atoms with van der Waals surface area (Å²) in [5.74, 6) is -0.198. The Morgan fingerprint density at radius 1 is 0.812 bits per heavy atom. The molecule has 0 aromatic carbocycles. The van der Waals surface area contributed by atoms with Gasteiger partial charge in [0.15, 0.2) is 5.78 Å². The molecule has 2 rings (SSSR count). The Morgan fingerprint density at radius 2 is 1.38 bits per heavy atom. The Bertz CT molecular complexity index is 639. The molecule has 4 nitrogen and oxygen atoms in total. The van der Waals surface area contributed by atoms with E-state index < -0.39 is 18.1 Å². The van der Waals surface area contributed by atoms with Gasteiger partial charge in [-0.3, -0.25) is 4.79 Å². The molecule has 3 N–H and O–H groups in total. The van der Waals surface area contributed by atoms with Crippen molar-refractivity contribution in [1.82, 2.24) is 0 Å². The van der Waals surface area contributed by atoms with Crippen LogP contribution in [0.25, 0.3) is 0 Å². The van der Waals surface area contributed by atoms with Crippen molar-refractivity contribution >= 4 is 5.78 Å². The standard InChI is InChI=1S/C25H40O4.3W/c1-16(2)5-9-19-15-18(7-12-22(19)26)8-13-23(27)21-11-14-24(28)20(25(21)29)10-6-17(3)4;;;/h5-6,8,13,18-22,24-26,28-29H,7,9-12,14-15H2,1-4H3;;;/b13-8+;;;. The van der Waals surface area contributed by atoms with Crippen molar-refractivity contribution in [1.29, 1.82) is 0 Å². The molecule has 32 heavy (non-hydrogen) atoms. The number of rotatable bonds is 7. The van der Waals surface area contributed by atoms with Crippen LogP contribution in [0, 0.1) is 23.7 Å². The van der Waals surface area contributed by atoms with Gasteiger partial charge < -0.3 is 15.3 Å². The fourth-order valence-corrected chi connectivity index (χ4v) is 4.69. The molecule has 0 bridgehead atoms. The molecule has 0 radical (unpaired) electrons. The van der Waals surface area contributed by atoms with Crippen molar-refractivity contribution < 1.29 is 83.3 Å². The normalized spacial score (nSPS) is 32.0. The van der Waals surface area contributed by atoms with Crippen LogP contribution in [0.2, 0.25) is 0 Å². The number of aliphatic hydroxyl groups excluding tert-OH is 3. The van der Waals surface area contributed by atoms with Crippen LogP contribution in [-0.4, -0.2) is 39.4 Å². The van der Waals surface area contributed by atoms with Gasteiger partial charge in [-0.05, 0) is 90.6 Å². The first kappa shape index (κ1) is 35.0. The summed E-state index contributed by atoms with van der Waals surface area (Å²) >= 11 is 0. The molecule has 0 amide bonds. The third-order valence-electron chi connectivity index (χ3n) is 6.63. The summed E-state index contributed by atoms with van der Waals surface area (Å²) < 4.78 is 0. The Balaban J connectivity index is 0. The molecule has 2 aliphatic carbocycles. The molecule has 7 atom stereocenters. The summed E-state index contributed by atoms with van der Waals surface area (Å²) in [6.45, 7) is 8.14. The van der Waals surface area contributed by atoms with Gasteiger partial charge >= 0.3 is 0 Å². The first-order chi connectivity index (χ1) is 13.7. The minimum atomic E-state index is -0.801. The van der Waals surface area contributed by atoms with Gasteiger partial charge in [0.1, 0.15) is 0 Å². The van der Waals surface area contributed by atoms with Crippen LogP contribution >= 0.6 is 0 Å². The maximum atomic E-state index is 12.8. The van der Waals surface area contributed by atoms with Gasteiger partial charge in [-0.1, -0.05) is 29.4 Å². The van der Waals surface area contributed by atoms with Crippen LogP contribution in [0.5, 0.6) is 0 Å². The van der Waals surface area contributed by atoms with Crippen LogP contribution in [0.15, 0.2) is 35.5 Å². The second kappa shape index (κ2) is 17.3. The smallest absolute Gasteiger partial charge is 0.161 e. The Hall–Kier alpha value is 0.835. The van der Waals surface area contributed by atoms with E-state index in [0.29, 0.717) is 25.2 Å². The molecule has 2 saturated carbocycles. The summed E-state index contributed by atoms with van der Waals surface area (Å²) in [5.41, 5.74) is 2.42. The van der Waals surface area contributed by atoms with Crippen molar-refractivity contribution in [2.75, 3.05) is 0 Å². The van der Waals surface area contributed by atoms with Crippen LogP contribution in [0.1, 0.15) is 72.6 Å². The largest absolute Gasteiger partial charge is 0.393 e. The van der Waals surface area contributed by atoms with Crippen LogP contribution in [0.3, 0.4) is 0 Å². The predicted octanol–water partition coefficient (Wildman–Crippen LogP) is 4.34. The van der Waals surface area contributed by atoms with Crippen LogP contribution in [-0.2, 0) is 68.0 Å². The molecule has 2 aliphatic rings. The molecule has 7 heteroatoms. The van der Waals surface area contributed by atoms with E-state index >= 15 is 0 Å². The number of ketones is 1. The third kappa shape index (κ3) is 11.1. The summed E-state index contributed by atoms with van der Waals surface area (Å²) in [6.07, 6.45) is 11.4. The maximum absolute atomic E-state index is 12.8. The fourth-order valence-electron chi connectivity index (χ4n) is 4.69. The average molecular weight is 956 g/mol. The van der Waals surface area contributed by atoms with Crippen molar-refractivity contribution in [3.8, 4) is 0 Å². The number of carbonyl (C=O) groups excluding carboxylic acids is 1. The van der Waals surface area contributed by atoms with Crippen molar-refractivity contribution in [3.05, 3.63) is 35.5 Å². The number of hydrogen-bond donors (Lipinski definition) is 3. The van der Waals surface area contributed by atoms with Gasteiger partial charge in [0.2, 0.25) is 0 Å². The van der Waals surface area contributed by atoms with E-state index in [2.05, 4.69) is 19.9 Å². The van der Waals surface area contributed by atoms with Gasteiger partial charge in [-0.2, -0.15) is 0 Å². The quantitative estimate of drug-likeness (QED) is 0.263. The van der Waals surface area contributed by atoms with Gasteiger partial charge in [-0.25, -0.2) is 0 Å². The summed E-state index contributed by atoms with van der Waals surface area (Å²) in [6, 6.07) is 0. The molecule has 182 valence electrons. The molecule has 0 spiro atoms. The van der Waals surface area contributed by atoms with E-state index in [1.165, 1.54) is 5.57 Å². The SMILES string of the molecule is CC(C)=CCC1CC(/C=C/C(=O)C2CCC(O)C(CC=C(C)C)C2O)CCC1O.[W].[W].[W]. The topological polar surface area (TPSA) is 77.8 Å². The number of hydrogen-bond acceptors (Lipinski definition) is 4. The Morgan fingerprint density at radius 3 is 1.97 bits per heavy atom. The summed E-state index contributed by atoms with van der Waals surface area (Å²) in [5, 5.41) is 31.3. The monoisotopic (exact) mass is 956 g/mol. The summed E-state index contributed by atoms with van der Waals surface area (Å²) in [7, 11) is 0. The minimum Gasteiger partial charge on any atom is -0.393 e. The first-order valence-electron chi connectivity index (χ1n) is 11.2. The molecule has 0 saturated heterocycles. The van der Waals surface area contributed by atoms with Crippen LogP contribution < -0.4 is 0 Å². The minimum absolute atomic E-state index is 0. The zero-order valence-corrected chi connectivity index (χ0v) is 28.6. The third-order valence-corrected chi connectivity index (χ3v) is 6.63. The summed E-state index contributed by atoms with van der Waals surface area (Å²) in [4.78, 5) is 12.8. The van der Waals surface area contributed by atoms with E-state index in [-0.39, 0.29) is 86.9 Å². The molecular formula is C25H40O4W3. The van der Waals surface area contributed by atoms with Crippen molar-refractivity contribution in [2.45, 2.75) is 91.0 Å². The van der Waals surface area contributed by atoms with Crippen LogP contribution in [0.4, 0.5) is 0 Å². The molecule has 0 aromatic rings. The Labute approximate surface area is 237 Å². The first-order valence-corrected chi connectivity index (χ1v) is 11.2. The second-order valence-corrected chi connectivity index (χ2v) is 9.60. The van der Waals surface area contributed by atoms with E-state index in [1.54, 1.807) is 6.08 Å². The van der Waals surface area contributed by atoms with E-state index in [0.717, 1.165) is 31.3 Å². The Kier molecular flexibility index (Phi) is 18.9. The van der Waals surface area contributed by atoms with E-state index in [1.807, 2.05) is 26.0 Å². The molecule has 2 fully saturated rings. The predicted molar refractivity (Wildman–Crippen MR) is 117 cm³/mol. The van der Waals surface area contributed by atoms with Gasteiger partial charge in [0.25, 0.3) is 0 Å². The second-order valence-electron chi connectivity index (χ2n) is 9.60. The maximum Gasteiger partial charge on any atom is 0.161 e. The molecule has 0 aliphatic heterocycles. The molecule has 7 unspecified atom stereocenters. The fraction of sp³-hybridized carbons (Fsp3) is 0.720. The van der Waals surface area contributed by atoms with E-state index in [9.17, 15) is 20.1 Å². The number of aliphatic hydroxyl groups is 3. The van der Waals surface area contributed by atoms with Gasteiger partial charge in [0.05, 0.1) is 18.3 Å². The van der Waals surface area contributed by atoms with Crippen molar-refractivity contribution in [2.24, 2.45) is 23.7 Å².